The Hall–Kier alpha value is -2.52. The number of aryl methyl sites for hydroxylation is 2. The van der Waals surface area contributed by atoms with E-state index in [0.717, 1.165) is 59.4 Å². The van der Waals surface area contributed by atoms with Crippen LogP contribution < -0.4 is 0 Å². The van der Waals surface area contributed by atoms with Crippen molar-refractivity contribution in [3.05, 3.63) is 76.2 Å². The van der Waals surface area contributed by atoms with Gasteiger partial charge in [-0.25, -0.2) is 4.39 Å². The summed E-state index contributed by atoms with van der Waals surface area (Å²) >= 11 is 5.58. The maximum Gasteiger partial charge on any atom is 0.198 e. The molecule has 3 aromatic carbocycles. The van der Waals surface area contributed by atoms with E-state index in [1.165, 1.54) is 50.5 Å². The number of fused-ring (bicyclic) bond motifs is 3. The highest BCUT2D eigenvalue weighted by molar-refractivity contribution is 7.71. The standard InChI is InChI=1S/C33H39FOS/c1-3-5-7-8-9-10-12-13-24-15-17-25(18-16-24)27-20-21-28-29-22-19-26(14-11-6-4-2)31(34)32(29)35-33(36)30(28)23-27/h15-23H,3-14H2,1-2H3. The van der Waals surface area contributed by atoms with Gasteiger partial charge in [-0.15, -0.1) is 0 Å². The molecule has 4 aromatic rings. The lowest BCUT2D eigenvalue weighted by atomic mass is 9.97. The maximum absolute atomic E-state index is 15.2. The molecule has 0 fully saturated rings. The lowest BCUT2D eigenvalue weighted by Crippen LogP contribution is -1.93. The van der Waals surface area contributed by atoms with E-state index < -0.39 is 0 Å². The Morgan fingerprint density at radius 3 is 2.00 bits per heavy atom. The Bertz CT molecular complexity index is 1340. The van der Waals surface area contributed by atoms with Crippen molar-refractivity contribution in [3.63, 3.8) is 0 Å². The predicted molar refractivity (Wildman–Crippen MR) is 155 cm³/mol. The molecule has 36 heavy (non-hydrogen) atoms. The van der Waals surface area contributed by atoms with Crippen molar-refractivity contribution < 1.29 is 8.81 Å². The zero-order chi connectivity index (χ0) is 25.3. The van der Waals surface area contributed by atoms with E-state index in [2.05, 4.69) is 56.3 Å². The van der Waals surface area contributed by atoms with E-state index in [4.69, 9.17) is 16.6 Å². The maximum atomic E-state index is 15.2. The van der Waals surface area contributed by atoms with Crippen LogP contribution in [0.25, 0.3) is 32.9 Å². The molecule has 0 saturated heterocycles. The van der Waals surface area contributed by atoms with Crippen LogP contribution in [-0.2, 0) is 12.8 Å². The second-order valence-corrected chi connectivity index (χ2v) is 10.5. The molecular weight excluding hydrogens is 463 g/mol. The van der Waals surface area contributed by atoms with Crippen LogP contribution in [0.15, 0.2) is 59.0 Å². The molecule has 4 rings (SSSR count). The van der Waals surface area contributed by atoms with Gasteiger partial charge in [-0.05, 0) is 71.6 Å². The van der Waals surface area contributed by atoms with Crippen LogP contribution in [0, 0.1) is 10.5 Å². The van der Waals surface area contributed by atoms with Crippen LogP contribution in [0.5, 0.6) is 0 Å². The Morgan fingerprint density at radius 1 is 0.639 bits per heavy atom. The predicted octanol–water partition coefficient (Wildman–Crippen LogP) is 11.1. The van der Waals surface area contributed by atoms with Crippen molar-refractivity contribution >= 4 is 34.0 Å². The fraction of sp³-hybridized carbons (Fsp3) is 0.424. The quantitative estimate of drug-likeness (QED) is 0.102. The van der Waals surface area contributed by atoms with Crippen molar-refractivity contribution in [1.82, 2.24) is 0 Å². The second-order valence-electron chi connectivity index (χ2n) is 10.1. The number of hydrogen-bond acceptors (Lipinski definition) is 2. The van der Waals surface area contributed by atoms with Gasteiger partial charge in [0.25, 0.3) is 0 Å². The molecule has 0 unspecified atom stereocenters. The van der Waals surface area contributed by atoms with Gasteiger partial charge in [0, 0.05) is 10.8 Å². The molecule has 3 heteroatoms. The minimum absolute atomic E-state index is 0.266. The third-order valence-electron chi connectivity index (χ3n) is 7.31. The summed E-state index contributed by atoms with van der Waals surface area (Å²) in [5.41, 5.74) is 4.64. The van der Waals surface area contributed by atoms with Crippen molar-refractivity contribution in [3.8, 4) is 11.1 Å². The first-order valence-electron chi connectivity index (χ1n) is 13.9. The monoisotopic (exact) mass is 502 g/mol. The van der Waals surface area contributed by atoms with Gasteiger partial charge in [0.1, 0.15) is 0 Å². The zero-order valence-electron chi connectivity index (χ0n) is 21.9. The average molecular weight is 503 g/mol. The Balaban J connectivity index is 1.49. The minimum atomic E-state index is -0.266. The molecular formula is C33H39FOS. The van der Waals surface area contributed by atoms with E-state index in [1.807, 2.05) is 12.1 Å². The number of benzene rings is 3. The molecule has 0 aliphatic carbocycles. The highest BCUT2D eigenvalue weighted by atomic mass is 32.1. The summed E-state index contributed by atoms with van der Waals surface area (Å²) < 4.78 is 21.5. The van der Waals surface area contributed by atoms with Crippen LogP contribution in [0.3, 0.4) is 0 Å². The van der Waals surface area contributed by atoms with Crippen molar-refractivity contribution in [2.75, 3.05) is 0 Å². The van der Waals surface area contributed by atoms with Crippen LogP contribution in [-0.4, -0.2) is 0 Å². The Kier molecular flexibility index (Phi) is 9.69. The SMILES string of the molecule is CCCCCCCCCc1ccc(-c2ccc3c(c2)c(=S)oc2c(F)c(CCCCC)ccc23)cc1. The summed E-state index contributed by atoms with van der Waals surface area (Å²) in [4.78, 5) is 0. The molecule has 0 saturated carbocycles. The van der Waals surface area contributed by atoms with E-state index in [-0.39, 0.29) is 11.4 Å². The van der Waals surface area contributed by atoms with Gasteiger partial charge >= 0.3 is 0 Å². The van der Waals surface area contributed by atoms with E-state index in [9.17, 15) is 0 Å². The normalized spacial score (nSPS) is 11.5. The summed E-state index contributed by atoms with van der Waals surface area (Å²) in [5, 5.41) is 2.59. The highest BCUT2D eigenvalue weighted by Gasteiger charge is 2.14. The molecule has 0 bridgehead atoms. The van der Waals surface area contributed by atoms with Crippen LogP contribution in [0.1, 0.15) is 89.2 Å². The lowest BCUT2D eigenvalue weighted by molar-refractivity contribution is 0.536. The van der Waals surface area contributed by atoms with Gasteiger partial charge in [0.15, 0.2) is 16.1 Å². The minimum Gasteiger partial charge on any atom is -0.441 e. The lowest BCUT2D eigenvalue weighted by Gasteiger charge is -2.10. The number of halogens is 1. The molecule has 0 aliphatic rings. The molecule has 0 amide bonds. The average Bonchev–Trinajstić information content (AvgIpc) is 2.90. The number of unbranched alkanes of at least 4 members (excludes halogenated alkanes) is 8. The Labute approximate surface area is 220 Å². The third kappa shape index (κ3) is 6.42. The Morgan fingerprint density at radius 2 is 1.25 bits per heavy atom. The topological polar surface area (TPSA) is 13.1 Å². The first kappa shape index (κ1) is 26.5. The molecule has 0 spiro atoms. The molecule has 0 N–H and O–H groups in total. The summed E-state index contributed by atoms with van der Waals surface area (Å²) in [6.07, 6.45) is 14.4. The van der Waals surface area contributed by atoms with Crippen molar-refractivity contribution in [2.45, 2.75) is 90.9 Å². The number of hydrogen-bond donors (Lipinski definition) is 0. The van der Waals surface area contributed by atoms with E-state index in [0.29, 0.717) is 10.3 Å². The first-order valence-corrected chi connectivity index (χ1v) is 14.3. The fourth-order valence-corrected chi connectivity index (χ4v) is 5.34. The second kappa shape index (κ2) is 13.1. The fourth-order valence-electron chi connectivity index (χ4n) is 5.09. The highest BCUT2D eigenvalue weighted by Crippen LogP contribution is 2.33. The van der Waals surface area contributed by atoms with Gasteiger partial charge in [-0.3, -0.25) is 0 Å². The molecule has 190 valence electrons. The van der Waals surface area contributed by atoms with Gasteiger partial charge in [0.05, 0.1) is 0 Å². The smallest absolute Gasteiger partial charge is 0.198 e. The number of rotatable bonds is 13. The van der Waals surface area contributed by atoms with Crippen LogP contribution >= 0.6 is 12.2 Å². The largest absolute Gasteiger partial charge is 0.441 e. The summed E-state index contributed by atoms with van der Waals surface area (Å²) in [5.74, 6) is -0.266. The third-order valence-corrected chi connectivity index (χ3v) is 7.61. The summed E-state index contributed by atoms with van der Waals surface area (Å²) in [6.45, 7) is 4.42. The van der Waals surface area contributed by atoms with Crippen LogP contribution in [0.2, 0.25) is 0 Å². The summed E-state index contributed by atoms with van der Waals surface area (Å²) in [6, 6.07) is 19.0. The van der Waals surface area contributed by atoms with Crippen LogP contribution in [0.4, 0.5) is 4.39 Å². The van der Waals surface area contributed by atoms with Crippen molar-refractivity contribution in [2.24, 2.45) is 0 Å². The van der Waals surface area contributed by atoms with Crippen molar-refractivity contribution in [1.29, 1.82) is 0 Å². The van der Waals surface area contributed by atoms with Gasteiger partial charge in [0.2, 0.25) is 0 Å². The van der Waals surface area contributed by atoms with E-state index >= 15 is 4.39 Å². The van der Waals surface area contributed by atoms with Gasteiger partial charge in [-0.2, -0.15) is 0 Å². The molecule has 1 heterocycles. The molecule has 1 nitrogen and oxygen atoms in total. The molecule has 0 aliphatic heterocycles. The summed E-state index contributed by atoms with van der Waals surface area (Å²) in [7, 11) is 0. The van der Waals surface area contributed by atoms with Gasteiger partial charge in [-0.1, -0.05) is 114 Å². The van der Waals surface area contributed by atoms with E-state index in [1.54, 1.807) is 0 Å². The first-order chi connectivity index (χ1) is 17.6. The molecule has 1 aromatic heterocycles. The molecule has 0 radical (unpaired) electrons. The zero-order valence-corrected chi connectivity index (χ0v) is 22.7. The van der Waals surface area contributed by atoms with Gasteiger partial charge < -0.3 is 4.42 Å². The molecule has 0 atom stereocenters.